The fourth-order valence-corrected chi connectivity index (χ4v) is 7.41. The molecule has 2 aliphatic heterocycles. The molecule has 0 unspecified atom stereocenters. The van der Waals surface area contributed by atoms with E-state index in [9.17, 15) is 19.2 Å². The molecule has 10 nitrogen and oxygen atoms in total. The van der Waals surface area contributed by atoms with Crippen molar-refractivity contribution in [1.82, 2.24) is 20.5 Å². The fourth-order valence-electron chi connectivity index (χ4n) is 7.41. The monoisotopic (exact) mass is 614 g/mol. The summed E-state index contributed by atoms with van der Waals surface area (Å²) in [6, 6.07) is 15.3. The molecule has 5 atom stereocenters. The van der Waals surface area contributed by atoms with Gasteiger partial charge in [-0.25, -0.2) is 0 Å². The second-order valence-electron chi connectivity index (χ2n) is 12.6. The number of likely N-dealkylation sites (tertiary alicyclic amines) is 1. The summed E-state index contributed by atoms with van der Waals surface area (Å²) in [7, 11) is 1.59. The zero-order valence-electron chi connectivity index (χ0n) is 25.8. The number of carbonyl (C=O) groups excluding carboxylic acids is 4. The van der Waals surface area contributed by atoms with Crippen LogP contribution in [-0.4, -0.2) is 72.3 Å². The summed E-state index contributed by atoms with van der Waals surface area (Å²) in [6.45, 7) is 1.17. The SMILES string of the molecule is COc1cccc2[nH]c(C(=O)N3C[C@@H]4CCCC[C@@H]4[C@H]3C(=O)N[C@@H](C[C@@H]3CCCNC3=O)C(=O)COCc3ccccc3)cc12. The van der Waals surface area contributed by atoms with Crippen molar-refractivity contribution in [2.45, 2.75) is 63.6 Å². The minimum absolute atomic E-state index is 0.00433. The van der Waals surface area contributed by atoms with E-state index >= 15 is 0 Å². The minimum Gasteiger partial charge on any atom is -0.496 e. The maximum Gasteiger partial charge on any atom is 0.271 e. The molecule has 2 aromatic carbocycles. The second-order valence-corrected chi connectivity index (χ2v) is 12.6. The highest BCUT2D eigenvalue weighted by atomic mass is 16.5. The smallest absolute Gasteiger partial charge is 0.271 e. The number of aromatic amines is 1. The number of H-pyrrole nitrogens is 1. The summed E-state index contributed by atoms with van der Waals surface area (Å²) >= 11 is 0. The van der Waals surface area contributed by atoms with Gasteiger partial charge in [-0.05, 0) is 67.7 Å². The van der Waals surface area contributed by atoms with Crippen LogP contribution in [0.5, 0.6) is 5.75 Å². The molecule has 0 bridgehead atoms. The summed E-state index contributed by atoms with van der Waals surface area (Å²) in [4.78, 5) is 59.4. The van der Waals surface area contributed by atoms with Gasteiger partial charge in [0.15, 0.2) is 5.78 Å². The Morgan fingerprint density at radius 2 is 1.84 bits per heavy atom. The predicted molar refractivity (Wildman–Crippen MR) is 169 cm³/mol. The standard InChI is InChI=1S/C35H42N4O6/c1-44-31-15-7-14-27-26(31)18-29(37-27)35(43)39-19-24-11-5-6-13-25(24)32(39)34(42)38-28(17-23-12-8-16-36-33(23)41)30(40)21-45-20-22-9-3-2-4-10-22/h2-4,7,9-10,14-15,18,23-25,28,32,37H,5-6,8,11-13,16-17,19-21H2,1H3,(H,36,41)(H,38,42)/t23-,24-,25-,28-,32-/m0/s1. The van der Waals surface area contributed by atoms with Crippen LogP contribution in [0.3, 0.4) is 0 Å². The van der Waals surface area contributed by atoms with Crippen molar-refractivity contribution < 1.29 is 28.7 Å². The highest BCUT2D eigenvalue weighted by molar-refractivity contribution is 6.02. The number of hydrogen-bond donors (Lipinski definition) is 3. The lowest BCUT2D eigenvalue weighted by atomic mass is 9.78. The molecule has 3 aromatic rings. The van der Waals surface area contributed by atoms with E-state index in [1.54, 1.807) is 18.1 Å². The van der Waals surface area contributed by atoms with Crippen molar-refractivity contribution in [2.75, 3.05) is 26.8 Å². The van der Waals surface area contributed by atoms with Crippen LogP contribution in [0.25, 0.3) is 10.9 Å². The van der Waals surface area contributed by atoms with Crippen molar-refractivity contribution in [2.24, 2.45) is 17.8 Å². The number of amides is 3. The number of nitrogens with zero attached hydrogens (tertiary/aromatic N) is 1. The molecule has 3 amide bonds. The Labute approximate surface area is 263 Å². The van der Waals surface area contributed by atoms with Crippen LogP contribution in [0.15, 0.2) is 54.6 Å². The summed E-state index contributed by atoms with van der Waals surface area (Å²) in [5.41, 5.74) is 2.12. The molecule has 3 N–H and O–H groups in total. The maximum atomic E-state index is 14.2. The minimum atomic E-state index is -0.904. The van der Waals surface area contributed by atoms with Crippen LogP contribution in [0.1, 0.15) is 61.0 Å². The number of ketones is 1. The van der Waals surface area contributed by atoms with Gasteiger partial charge in [-0.15, -0.1) is 0 Å². The van der Waals surface area contributed by atoms with E-state index in [-0.39, 0.29) is 60.9 Å². The van der Waals surface area contributed by atoms with E-state index in [1.165, 1.54) is 0 Å². The van der Waals surface area contributed by atoms with Gasteiger partial charge in [0, 0.05) is 29.9 Å². The first-order chi connectivity index (χ1) is 21.9. The number of aromatic nitrogens is 1. The van der Waals surface area contributed by atoms with Crippen molar-refractivity contribution in [3.8, 4) is 5.75 Å². The van der Waals surface area contributed by atoms with Crippen LogP contribution in [0.2, 0.25) is 0 Å². The molecule has 6 rings (SSSR count). The third-order valence-corrected chi connectivity index (χ3v) is 9.72. The van der Waals surface area contributed by atoms with Gasteiger partial charge in [0.2, 0.25) is 11.8 Å². The molecule has 2 saturated heterocycles. The van der Waals surface area contributed by atoms with E-state index in [0.717, 1.165) is 48.6 Å². The molecular formula is C35H42N4O6. The van der Waals surface area contributed by atoms with Crippen molar-refractivity contribution in [1.29, 1.82) is 0 Å². The van der Waals surface area contributed by atoms with Gasteiger partial charge in [0.25, 0.3) is 5.91 Å². The molecule has 0 spiro atoms. The quantitative estimate of drug-likeness (QED) is 0.300. The predicted octanol–water partition coefficient (Wildman–Crippen LogP) is 3.99. The Morgan fingerprint density at radius 3 is 2.64 bits per heavy atom. The zero-order chi connectivity index (χ0) is 31.3. The number of fused-ring (bicyclic) bond motifs is 2. The number of benzene rings is 2. The number of nitrogens with one attached hydrogen (secondary N) is 3. The Hall–Kier alpha value is -4.18. The van der Waals surface area contributed by atoms with E-state index in [0.29, 0.717) is 31.0 Å². The molecule has 3 heterocycles. The van der Waals surface area contributed by atoms with Gasteiger partial charge in [0.05, 0.1) is 19.8 Å². The van der Waals surface area contributed by atoms with Crippen LogP contribution >= 0.6 is 0 Å². The summed E-state index contributed by atoms with van der Waals surface area (Å²) in [5, 5.41) is 6.70. The Morgan fingerprint density at radius 1 is 1.02 bits per heavy atom. The molecule has 3 fully saturated rings. The van der Waals surface area contributed by atoms with Gasteiger partial charge in [-0.1, -0.05) is 49.2 Å². The Kier molecular flexibility index (Phi) is 9.49. The molecule has 238 valence electrons. The number of ether oxygens (including phenoxy) is 2. The summed E-state index contributed by atoms with van der Waals surface area (Å²) in [6.07, 6.45) is 5.53. The van der Waals surface area contributed by atoms with E-state index < -0.39 is 12.1 Å². The first kappa shape index (κ1) is 30.8. The normalized spacial score (nSPS) is 23.7. The van der Waals surface area contributed by atoms with Crippen LogP contribution < -0.4 is 15.4 Å². The first-order valence-corrected chi connectivity index (χ1v) is 16.1. The zero-order valence-corrected chi connectivity index (χ0v) is 25.8. The lowest BCUT2D eigenvalue weighted by Crippen LogP contribution is -2.54. The fraction of sp³-hybridized carbons (Fsp3) is 0.486. The third kappa shape index (κ3) is 6.76. The van der Waals surface area contributed by atoms with Crippen molar-refractivity contribution >= 4 is 34.4 Å². The number of carbonyl (C=O) groups is 4. The summed E-state index contributed by atoms with van der Waals surface area (Å²) < 4.78 is 11.2. The van der Waals surface area contributed by atoms with E-state index in [1.807, 2.05) is 48.5 Å². The Bertz CT molecular complexity index is 1540. The lowest BCUT2D eigenvalue weighted by molar-refractivity contribution is -0.135. The maximum absolute atomic E-state index is 14.2. The van der Waals surface area contributed by atoms with Crippen LogP contribution in [0, 0.1) is 17.8 Å². The number of methoxy groups -OCH3 is 1. The van der Waals surface area contributed by atoms with Crippen molar-refractivity contribution in [3.63, 3.8) is 0 Å². The van der Waals surface area contributed by atoms with Crippen molar-refractivity contribution in [3.05, 3.63) is 65.9 Å². The molecule has 3 aliphatic rings. The van der Waals surface area contributed by atoms with Gasteiger partial charge in [0.1, 0.15) is 24.1 Å². The number of rotatable bonds is 11. The van der Waals surface area contributed by atoms with E-state index in [2.05, 4.69) is 15.6 Å². The molecule has 1 aliphatic carbocycles. The Balaban J connectivity index is 1.22. The largest absolute Gasteiger partial charge is 0.496 e. The average Bonchev–Trinajstić information content (AvgIpc) is 3.68. The molecule has 10 heteroatoms. The highest BCUT2D eigenvalue weighted by Gasteiger charge is 2.49. The second kappa shape index (κ2) is 13.9. The molecule has 0 radical (unpaired) electrons. The van der Waals surface area contributed by atoms with Gasteiger partial charge in [-0.2, -0.15) is 0 Å². The lowest BCUT2D eigenvalue weighted by Gasteiger charge is -2.32. The molecular weight excluding hydrogens is 572 g/mol. The number of Topliss-reactive ketones (excluding diaryl/α,β-unsaturated/α-hetero) is 1. The topological polar surface area (TPSA) is 130 Å². The molecule has 1 aromatic heterocycles. The molecule has 45 heavy (non-hydrogen) atoms. The third-order valence-electron chi connectivity index (χ3n) is 9.72. The number of hydrogen-bond acceptors (Lipinski definition) is 6. The summed E-state index contributed by atoms with van der Waals surface area (Å²) in [5.74, 6) is -0.474. The number of piperidine rings is 1. The average molecular weight is 615 g/mol. The van der Waals surface area contributed by atoms with Gasteiger partial charge in [-0.3, -0.25) is 19.2 Å². The van der Waals surface area contributed by atoms with Gasteiger partial charge < -0.3 is 30.0 Å². The van der Waals surface area contributed by atoms with E-state index in [4.69, 9.17) is 9.47 Å². The van der Waals surface area contributed by atoms with Crippen LogP contribution in [-0.2, 0) is 25.7 Å². The van der Waals surface area contributed by atoms with Crippen LogP contribution in [0.4, 0.5) is 0 Å². The highest BCUT2D eigenvalue weighted by Crippen LogP contribution is 2.41. The van der Waals surface area contributed by atoms with Gasteiger partial charge >= 0.3 is 0 Å². The first-order valence-electron chi connectivity index (χ1n) is 16.1. The molecule has 1 saturated carbocycles.